The molecule has 1 fully saturated rings. The van der Waals surface area contributed by atoms with Crippen molar-refractivity contribution in [1.29, 1.82) is 0 Å². The van der Waals surface area contributed by atoms with E-state index in [0.717, 1.165) is 35.9 Å². The number of carbonyl (C=O) groups is 1. The zero-order chi connectivity index (χ0) is 12.7. The normalized spacial score (nSPS) is 23.3. The second-order valence-corrected chi connectivity index (χ2v) is 5.10. The van der Waals surface area contributed by atoms with Gasteiger partial charge in [0, 0.05) is 18.3 Å². The van der Waals surface area contributed by atoms with Crippen LogP contribution in [0.25, 0.3) is 0 Å². The number of carbonyl (C=O) groups excluding carboxylic acids is 1. The van der Waals surface area contributed by atoms with Gasteiger partial charge in [-0.25, -0.2) is 9.97 Å². The van der Waals surface area contributed by atoms with Crippen molar-refractivity contribution in [3.05, 3.63) is 17.1 Å². The van der Waals surface area contributed by atoms with Gasteiger partial charge in [-0.05, 0) is 26.3 Å². The number of piperidine rings is 1. The fourth-order valence-corrected chi connectivity index (χ4v) is 2.70. The van der Waals surface area contributed by atoms with E-state index in [4.69, 9.17) is 0 Å². The second-order valence-electron chi connectivity index (χ2n) is 5.10. The SMILES string of the molecule is Cc1nc([C@@H]2CCCCN2)nc2c1CC(=O)N2C. The minimum Gasteiger partial charge on any atom is -0.307 e. The molecule has 3 heterocycles. The van der Waals surface area contributed by atoms with Crippen molar-refractivity contribution in [3.8, 4) is 0 Å². The van der Waals surface area contributed by atoms with Crippen molar-refractivity contribution >= 4 is 11.7 Å². The van der Waals surface area contributed by atoms with Crippen LogP contribution >= 0.6 is 0 Å². The van der Waals surface area contributed by atoms with E-state index in [1.165, 1.54) is 12.8 Å². The summed E-state index contributed by atoms with van der Waals surface area (Å²) in [5.41, 5.74) is 1.93. The quantitative estimate of drug-likeness (QED) is 0.806. The zero-order valence-electron chi connectivity index (χ0n) is 10.9. The number of likely N-dealkylation sites (N-methyl/N-ethyl adjacent to an activating group) is 1. The lowest BCUT2D eigenvalue weighted by molar-refractivity contribution is -0.117. The van der Waals surface area contributed by atoms with Gasteiger partial charge in [0.25, 0.3) is 0 Å². The number of anilines is 1. The van der Waals surface area contributed by atoms with Crippen LogP contribution in [0, 0.1) is 6.92 Å². The Balaban J connectivity index is 1.98. The van der Waals surface area contributed by atoms with Gasteiger partial charge >= 0.3 is 0 Å². The van der Waals surface area contributed by atoms with Gasteiger partial charge in [0.05, 0.1) is 12.5 Å². The van der Waals surface area contributed by atoms with Crippen LogP contribution in [0.5, 0.6) is 0 Å². The van der Waals surface area contributed by atoms with Crippen LogP contribution in [-0.2, 0) is 11.2 Å². The molecule has 96 valence electrons. The molecule has 2 aliphatic rings. The first kappa shape index (κ1) is 11.6. The maximum atomic E-state index is 11.7. The van der Waals surface area contributed by atoms with Crippen LogP contribution in [0.2, 0.25) is 0 Å². The maximum absolute atomic E-state index is 11.7. The summed E-state index contributed by atoms with van der Waals surface area (Å²) in [6, 6.07) is 0.242. The Hall–Kier alpha value is -1.49. The lowest BCUT2D eigenvalue weighted by Crippen LogP contribution is -2.29. The minimum absolute atomic E-state index is 0.108. The average Bonchev–Trinajstić information content (AvgIpc) is 2.68. The van der Waals surface area contributed by atoms with Crippen LogP contribution < -0.4 is 10.2 Å². The molecule has 0 saturated carbocycles. The first-order valence-electron chi connectivity index (χ1n) is 6.54. The Bertz CT molecular complexity index is 494. The maximum Gasteiger partial charge on any atom is 0.232 e. The summed E-state index contributed by atoms with van der Waals surface area (Å²) in [4.78, 5) is 22.5. The molecule has 0 radical (unpaired) electrons. The molecule has 1 N–H and O–H groups in total. The fraction of sp³-hybridized carbons (Fsp3) is 0.615. The van der Waals surface area contributed by atoms with Gasteiger partial charge in [0.2, 0.25) is 5.91 Å². The smallest absolute Gasteiger partial charge is 0.232 e. The summed E-state index contributed by atoms with van der Waals surface area (Å²) >= 11 is 0. The molecule has 0 aliphatic carbocycles. The molecule has 1 saturated heterocycles. The molecule has 1 amide bonds. The summed E-state index contributed by atoms with van der Waals surface area (Å²) in [6.45, 7) is 3.00. The molecule has 1 atom stereocenters. The van der Waals surface area contributed by atoms with Crippen LogP contribution in [-0.4, -0.2) is 29.5 Å². The number of aryl methyl sites for hydroxylation is 1. The Morgan fingerprint density at radius 3 is 2.89 bits per heavy atom. The number of nitrogens with zero attached hydrogens (tertiary/aromatic N) is 3. The topological polar surface area (TPSA) is 58.1 Å². The van der Waals surface area contributed by atoms with E-state index in [1.807, 2.05) is 6.92 Å². The van der Waals surface area contributed by atoms with E-state index < -0.39 is 0 Å². The lowest BCUT2D eigenvalue weighted by atomic mass is 10.0. The molecule has 2 aliphatic heterocycles. The van der Waals surface area contributed by atoms with E-state index in [9.17, 15) is 4.79 Å². The van der Waals surface area contributed by atoms with Gasteiger partial charge in [0.15, 0.2) is 0 Å². The second kappa shape index (κ2) is 4.31. The molecule has 0 aromatic carbocycles. The number of hydrogen-bond acceptors (Lipinski definition) is 4. The molecule has 18 heavy (non-hydrogen) atoms. The number of hydrogen-bond donors (Lipinski definition) is 1. The third-order valence-electron chi connectivity index (χ3n) is 3.85. The van der Waals surface area contributed by atoms with Gasteiger partial charge in [-0.1, -0.05) is 6.42 Å². The van der Waals surface area contributed by atoms with Crippen molar-refractivity contribution < 1.29 is 4.79 Å². The Kier molecular flexibility index (Phi) is 2.78. The van der Waals surface area contributed by atoms with Crippen LogP contribution in [0.3, 0.4) is 0 Å². The van der Waals surface area contributed by atoms with Crippen molar-refractivity contribution in [2.45, 2.75) is 38.6 Å². The van der Waals surface area contributed by atoms with E-state index in [1.54, 1.807) is 11.9 Å². The van der Waals surface area contributed by atoms with Crippen LogP contribution in [0.4, 0.5) is 5.82 Å². The van der Waals surface area contributed by atoms with E-state index in [0.29, 0.717) is 6.42 Å². The average molecular weight is 246 g/mol. The van der Waals surface area contributed by atoms with Crippen LogP contribution in [0.1, 0.15) is 42.4 Å². The first-order chi connectivity index (χ1) is 8.66. The third kappa shape index (κ3) is 1.79. The highest BCUT2D eigenvalue weighted by atomic mass is 16.2. The molecule has 0 unspecified atom stereocenters. The summed E-state index contributed by atoms with van der Waals surface area (Å²) < 4.78 is 0. The molecule has 1 aromatic rings. The van der Waals surface area contributed by atoms with Gasteiger partial charge in [-0.3, -0.25) is 9.69 Å². The van der Waals surface area contributed by atoms with Crippen LogP contribution in [0.15, 0.2) is 0 Å². The van der Waals surface area contributed by atoms with Gasteiger partial charge < -0.3 is 5.32 Å². The Morgan fingerprint density at radius 2 is 2.17 bits per heavy atom. The molecule has 1 aromatic heterocycles. The van der Waals surface area contributed by atoms with Crippen molar-refractivity contribution in [1.82, 2.24) is 15.3 Å². The zero-order valence-corrected chi connectivity index (χ0v) is 10.9. The number of fused-ring (bicyclic) bond motifs is 1. The summed E-state index contributed by atoms with van der Waals surface area (Å²) in [7, 11) is 1.79. The van der Waals surface area contributed by atoms with Crippen molar-refractivity contribution in [2.24, 2.45) is 0 Å². The number of amides is 1. The summed E-state index contributed by atoms with van der Waals surface area (Å²) in [5.74, 6) is 1.75. The Morgan fingerprint density at radius 1 is 1.33 bits per heavy atom. The fourth-order valence-electron chi connectivity index (χ4n) is 2.70. The summed E-state index contributed by atoms with van der Waals surface area (Å²) in [6.07, 6.45) is 3.96. The minimum atomic E-state index is 0.108. The summed E-state index contributed by atoms with van der Waals surface area (Å²) in [5, 5.41) is 3.45. The molecule has 3 rings (SSSR count). The molecular weight excluding hydrogens is 228 g/mol. The van der Waals surface area contributed by atoms with Crippen molar-refractivity contribution in [3.63, 3.8) is 0 Å². The van der Waals surface area contributed by atoms with Crippen molar-refractivity contribution in [2.75, 3.05) is 18.5 Å². The number of aromatic nitrogens is 2. The predicted molar refractivity (Wildman–Crippen MR) is 68.5 cm³/mol. The first-order valence-corrected chi connectivity index (χ1v) is 6.54. The standard InChI is InChI=1S/C13H18N4O/c1-8-9-7-11(18)17(2)13(9)16-12(15-8)10-5-3-4-6-14-10/h10,14H,3-7H2,1-2H3/t10-/m0/s1. The largest absolute Gasteiger partial charge is 0.307 e. The molecule has 5 heteroatoms. The predicted octanol–water partition coefficient (Wildman–Crippen LogP) is 1.12. The van der Waals surface area contributed by atoms with E-state index in [-0.39, 0.29) is 11.9 Å². The number of rotatable bonds is 1. The van der Waals surface area contributed by atoms with E-state index >= 15 is 0 Å². The monoisotopic (exact) mass is 246 g/mol. The van der Waals surface area contributed by atoms with Gasteiger partial charge in [0.1, 0.15) is 11.6 Å². The molecule has 5 nitrogen and oxygen atoms in total. The molecule has 0 bridgehead atoms. The highest BCUT2D eigenvalue weighted by Gasteiger charge is 2.30. The van der Waals surface area contributed by atoms with Gasteiger partial charge in [-0.15, -0.1) is 0 Å². The molecule has 0 spiro atoms. The highest BCUT2D eigenvalue weighted by Crippen LogP contribution is 2.30. The molecular formula is C13H18N4O. The van der Waals surface area contributed by atoms with E-state index in [2.05, 4.69) is 15.3 Å². The highest BCUT2D eigenvalue weighted by molar-refractivity contribution is 5.99. The van der Waals surface area contributed by atoms with Gasteiger partial charge in [-0.2, -0.15) is 0 Å². The lowest BCUT2D eigenvalue weighted by Gasteiger charge is -2.23. The Labute approximate surface area is 107 Å². The number of nitrogens with one attached hydrogen (secondary N) is 1. The third-order valence-corrected chi connectivity index (χ3v) is 3.85.